The van der Waals surface area contributed by atoms with Crippen molar-refractivity contribution < 1.29 is 14.3 Å². The minimum atomic E-state index is -0.605. The number of amides is 2. The number of hydrazone groups is 1. The molecule has 0 fully saturated rings. The molecule has 0 saturated carbocycles. The Balaban J connectivity index is 1.43. The number of H-pyrrole nitrogens is 1. The summed E-state index contributed by atoms with van der Waals surface area (Å²) in [5.74, 6) is 0.797. The molecule has 170 valence electrons. The highest BCUT2D eigenvalue weighted by Crippen LogP contribution is 2.34. The molecular weight excluding hydrogens is 498 g/mol. The summed E-state index contributed by atoms with van der Waals surface area (Å²) in [4.78, 5) is 32.3. The van der Waals surface area contributed by atoms with Crippen LogP contribution in [0.2, 0.25) is 0 Å². The Hall–Kier alpha value is -3.98. The van der Waals surface area contributed by atoms with Gasteiger partial charge < -0.3 is 15.0 Å². The normalized spacial score (nSPS) is 15.3. The summed E-state index contributed by atoms with van der Waals surface area (Å²) >= 11 is 3.46. The van der Waals surface area contributed by atoms with Crippen molar-refractivity contribution >= 4 is 50.4 Å². The van der Waals surface area contributed by atoms with Gasteiger partial charge in [0.05, 0.1) is 17.1 Å². The number of anilines is 1. The van der Waals surface area contributed by atoms with Crippen LogP contribution in [0.1, 0.15) is 30.8 Å². The van der Waals surface area contributed by atoms with E-state index in [9.17, 15) is 9.59 Å². The molecule has 3 aromatic carbocycles. The molecule has 0 aliphatic carbocycles. The first-order chi connectivity index (χ1) is 16.5. The van der Waals surface area contributed by atoms with Crippen molar-refractivity contribution in [3.8, 4) is 5.75 Å². The molecule has 1 aromatic heterocycles. The molecule has 0 saturated heterocycles. The van der Waals surface area contributed by atoms with Gasteiger partial charge in [0.1, 0.15) is 11.5 Å². The lowest BCUT2D eigenvalue weighted by molar-refractivity contribution is -0.114. The zero-order valence-electron chi connectivity index (χ0n) is 18.2. The number of ether oxygens (including phenoxy) is 1. The summed E-state index contributed by atoms with van der Waals surface area (Å²) < 4.78 is 6.55. The Morgan fingerprint density at radius 2 is 1.79 bits per heavy atom. The molecule has 1 unspecified atom stereocenters. The Morgan fingerprint density at radius 1 is 1.06 bits per heavy atom. The van der Waals surface area contributed by atoms with E-state index >= 15 is 0 Å². The number of imidazole rings is 1. The van der Waals surface area contributed by atoms with Gasteiger partial charge in [-0.2, -0.15) is 10.1 Å². The first-order valence-electron chi connectivity index (χ1n) is 10.6. The summed E-state index contributed by atoms with van der Waals surface area (Å²) in [6.45, 7) is 1.43. The average Bonchev–Trinajstić information content (AvgIpc) is 3.45. The fourth-order valence-corrected chi connectivity index (χ4v) is 4.08. The molecule has 2 heterocycles. The molecular formula is C25H20BrN5O3. The van der Waals surface area contributed by atoms with E-state index < -0.39 is 6.09 Å². The van der Waals surface area contributed by atoms with E-state index in [1.807, 2.05) is 48.5 Å². The third-order valence-electron chi connectivity index (χ3n) is 5.39. The first kappa shape index (κ1) is 21.8. The molecule has 8 nitrogen and oxygen atoms in total. The minimum Gasteiger partial charge on any atom is -0.409 e. The maximum Gasteiger partial charge on any atom is 0.436 e. The summed E-state index contributed by atoms with van der Waals surface area (Å²) in [6.07, 6.45) is -0.121. The second-order valence-corrected chi connectivity index (χ2v) is 8.75. The fraction of sp³-hybridized carbons (Fsp3) is 0.120. The lowest BCUT2D eigenvalue weighted by Crippen LogP contribution is -2.29. The zero-order chi connectivity index (χ0) is 23.7. The molecule has 1 aliphatic rings. The highest BCUT2D eigenvalue weighted by Gasteiger charge is 2.35. The van der Waals surface area contributed by atoms with Crippen LogP contribution in [-0.2, 0) is 4.79 Å². The molecule has 5 rings (SSSR count). The lowest BCUT2D eigenvalue weighted by atomic mass is 10.0. The maximum atomic E-state index is 13.2. The van der Waals surface area contributed by atoms with Gasteiger partial charge in [0.15, 0.2) is 5.82 Å². The molecule has 34 heavy (non-hydrogen) atoms. The maximum absolute atomic E-state index is 13.2. The van der Waals surface area contributed by atoms with Gasteiger partial charge in [-0.05, 0) is 54.1 Å². The zero-order valence-corrected chi connectivity index (χ0v) is 19.7. The number of rotatable bonds is 4. The van der Waals surface area contributed by atoms with Crippen molar-refractivity contribution in [2.45, 2.75) is 19.4 Å². The van der Waals surface area contributed by atoms with Gasteiger partial charge >= 0.3 is 6.09 Å². The van der Waals surface area contributed by atoms with Crippen molar-refractivity contribution in [3.63, 3.8) is 0 Å². The third kappa shape index (κ3) is 4.55. The largest absolute Gasteiger partial charge is 0.436 e. The lowest BCUT2D eigenvalue weighted by Gasteiger charge is -2.21. The SMILES string of the molecule is CC(=O)Nc1ccc(OC(=O)N2N=C(c3nc4ccccc4[nH]3)CC2c2ccc(Br)cc2)cc1. The van der Waals surface area contributed by atoms with Crippen molar-refractivity contribution in [3.05, 3.63) is 88.7 Å². The van der Waals surface area contributed by atoms with Gasteiger partial charge in [-0.1, -0.05) is 40.2 Å². The predicted octanol–water partition coefficient (Wildman–Crippen LogP) is 5.63. The van der Waals surface area contributed by atoms with Crippen molar-refractivity contribution in [2.75, 3.05) is 5.32 Å². The van der Waals surface area contributed by atoms with E-state index in [2.05, 4.69) is 36.3 Å². The standard InChI is InChI=1S/C25H20BrN5O3/c1-15(32)27-18-10-12-19(13-11-18)34-25(33)31-23(16-6-8-17(26)9-7-16)14-22(30-31)24-28-20-4-2-3-5-21(20)29-24/h2-13,23H,14H2,1H3,(H,27,32)(H,28,29). The van der Waals surface area contributed by atoms with Gasteiger partial charge in [-0.25, -0.2) is 9.78 Å². The Bertz CT molecular complexity index is 1360. The number of para-hydroxylation sites is 2. The molecule has 2 N–H and O–H groups in total. The molecule has 0 bridgehead atoms. The van der Waals surface area contributed by atoms with Crippen LogP contribution in [0.25, 0.3) is 11.0 Å². The highest BCUT2D eigenvalue weighted by molar-refractivity contribution is 9.10. The van der Waals surface area contributed by atoms with Gasteiger partial charge in [0.25, 0.3) is 0 Å². The van der Waals surface area contributed by atoms with E-state index in [-0.39, 0.29) is 11.9 Å². The van der Waals surface area contributed by atoms with Crippen molar-refractivity contribution in [1.29, 1.82) is 0 Å². The van der Waals surface area contributed by atoms with Crippen LogP contribution >= 0.6 is 15.9 Å². The quantitative estimate of drug-likeness (QED) is 0.366. The second kappa shape index (κ2) is 9.11. The van der Waals surface area contributed by atoms with Crippen molar-refractivity contribution in [1.82, 2.24) is 15.0 Å². The smallest absolute Gasteiger partial charge is 0.409 e. The molecule has 0 spiro atoms. The monoisotopic (exact) mass is 517 g/mol. The molecule has 9 heteroatoms. The number of carbonyl (C=O) groups excluding carboxylic acids is 2. The average molecular weight is 518 g/mol. The van der Waals surface area contributed by atoms with Crippen LogP contribution in [-0.4, -0.2) is 32.7 Å². The van der Waals surface area contributed by atoms with E-state index in [0.717, 1.165) is 21.1 Å². The van der Waals surface area contributed by atoms with Gasteiger partial charge in [-0.15, -0.1) is 0 Å². The molecule has 4 aromatic rings. The Morgan fingerprint density at radius 3 is 2.50 bits per heavy atom. The number of halogens is 1. The van der Waals surface area contributed by atoms with Crippen LogP contribution in [0.15, 0.2) is 82.4 Å². The van der Waals surface area contributed by atoms with Crippen LogP contribution < -0.4 is 10.1 Å². The fourth-order valence-electron chi connectivity index (χ4n) is 3.81. The summed E-state index contributed by atoms with van der Waals surface area (Å²) in [5.41, 5.74) is 3.95. The number of carbonyl (C=O) groups is 2. The van der Waals surface area contributed by atoms with Crippen LogP contribution in [0.4, 0.5) is 10.5 Å². The Kier molecular flexibility index (Phi) is 5.85. The molecule has 2 amide bonds. The summed E-state index contributed by atoms with van der Waals surface area (Å²) in [6, 6.07) is 21.7. The number of nitrogens with zero attached hydrogens (tertiary/aromatic N) is 3. The number of fused-ring (bicyclic) bond motifs is 1. The number of benzene rings is 3. The summed E-state index contributed by atoms with van der Waals surface area (Å²) in [5, 5.41) is 8.64. The van der Waals surface area contributed by atoms with Gasteiger partial charge in [0.2, 0.25) is 5.91 Å². The third-order valence-corrected chi connectivity index (χ3v) is 5.92. The second-order valence-electron chi connectivity index (χ2n) is 7.84. The number of aromatic nitrogens is 2. The van der Waals surface area contributed by atoms with Gasteiger partial charge in [-0.3, -0.25) is 4.79 Å². The molecule has 0 radical (unpaired) electrons. The number of hydrogen-bond donors (Lipinski definition) is 2. The minimum absolute atomic E-state index is 0.174. The van der Waals surface area contributed by atoms with Crippen LogP contribution in [0, 0.1) is 0 Å². The predicted molar refractivity (Wildman–Crippen MR) is 133 cm³/mol. The van der Waals surface area contributed by atoms with Crippen molar-refractivity contribution in [2.24, 2.45) is 5.10 Å². The van der Waals surface area contributed by atoms with Crippen LogP contribution in [0.5, 0.6) is 5.75 Å². The van der Waals surface area contributed by atoms with E-state index in [0.29, 0.717) is 29.4 Å². The summed E-state index contributed by atoms with van der Waals surface area (Å²) in [7, 11) is 0. The highest BCUT2D eigenvalue weighted by atomic mass is 79.9. The number of nitrogens with one attached hydrogen (secondary N) is 2. The number of hydrogen-bond acceptors (Lipinski definition) is 5. The Labute approximate surface area is 203 Å². The first-order valence-corrected chi connectivity index (χ1v) is 11.4. The topological polar surface area (TPSA) is 99.7 Å². The number of aromatic amines is 1. The van der Waals surface area contributed by atoms with E-state index in [4.69, 9.17) is 4.74 Å². The molecule has 1 aliphatic heterocycles. The van der Waals surface area contributed by atoms with E-state index in [1.165, 1.54) is 11.9 Å². The molecule has 1 atom stereocenters. The van der Waals surface area contributed by atoms with Gasteiger partial charge in [0, 0.05) is 23.5 Å². The van der Waals surface area contributed by atoms with E-state index in [1.54, 1.807) is 24.3 Å². The van der Waals surface area contributed by atoms with Crippen LogP contribution in [0.3, 0.4) is 0 Å².